The molecular weight excluding hydrogens is 489 g/mol. The average molecular weight is 509 g/mol. The van der Waals surface area contributed by atoms with Crippen LogP contribution in [0, 0.1) is 5.92 Å². The van der Waals surface area contributed by atoms with E-state index in [2.05, 4.69) is 10.2 Å². The van der Waals surface area contributed by atoms with Crippen LogP contribution in [-0.4, -0.2) is 60.8 Å². The molecule has 1 saturated carbocycles. The second-order valence-corrected chi connectivity index (χ2v) is 10.8. The summed E-state index contributed by atoms with van der Waals surface area (Å²) in [7, 11) is -3.74. The molecule has 1 aromatic carbocycles. The Morgan fingerprint density at radius 2 is 1.94 bits per heavy atom. The molecule has 34 heavy (non-hydrogen) atoms. The Labute approximate surface area is 191 Å². The second kappa shape index (κ2) is 7.62. The number of nitrogens with zero attached hydrogens (tertiary/aromatic N) is 3. The molecule has 0 radical (unpaired) electrons. The molecule has 2 aliphatic rings. The van der Waals surface area contributed by atoms with Gasteiger partial charge in [-0.15, -0.1) is 10.2 Å². The van der Waals surface area contributed by atoms with Crippen LogP contribution in [0.2, 0.25) is 0 Å². The van der Waals surface area contributed by atoms with Crippen LogP contribution in [0.25, 0.3) is 0 Å². The predicted molar refractivity (Wildman–Crippen MR) is 105 cm³/mol. The summed E-state index contributed by atoms with van der Waals surface area (Å²) in [6.45, 7) is 1.82. The zero-order valence-electron chi connectivity index (χ0n) is 18.2. The fourth-order valence-electron chi connectivity index (χ4n) is 3.98. The highest BCUT2D eigenvalue weighted by Crippen LogP contribution is 2.59. The highest BCUT2D eigenvalue weighted by molar-refractivity contribution is 7.90. The Morgan fingerprint density at radius 1 is 1.26 bits per heavy atom. The van der Waals surface area contributed by atoms with Gasteiger partial charge < -0.3 is 14.1 Å². The van der Waals surface area contributed by atoms with Crippen molar-refractivity contribution in [3.05, 3.63) is 35.5 Å². The van der Waals surface area contributed by atoms with E-state index in [0.29, 0.717) is 13.3 Å². The Bertz CT molecular complexity index is 1240. The Hall–Kier alpha value is -2.77. The van der Waals surface area contributed by atoms with Crippen LogP contribution in [0.1, 0.15) is 42.4 Å². The monoisotopic (exact) mass is 509 g/mol. The number of sulfone groups is 1. The molecule has 8 nitrogen and oxygen atoms in total. The first kappa shape index (κ1) is 24.4. The summed E-state index contributed by atoms with van der Waals surface area (Å²) < 4.78 is 100.0. The number of likely N-dealkylation sites (tertiary alicyclic amines) is 1. The van der Waals surface area contributed by atoms with Crippen molar-refractivity contribution in [1.29, 1.82) is 0 Å². The molecule has 2 aromatic rings. The molecule has 1 aliphatic heterocycles. The van der Waals surface area contributed by atoms with Crippen molar-refractivity contribution in [3.63, 3.8) is 0 Å². The van der Waals surface area contributed by atoms with Gasteiger partial charge in [0.1, 0.15) is 5.75 Å². The number of hydrogen-bond donors (Lipinski definition) is 0. The number of aromatic nitrogens is 2. The molecule has 1 saturated heterocycles. The Kier molecular flexibility index (Phi) is 5.46. The molecule has 0 N–H and O–H groups in total. The Morgan fingerprint density at radius 3 is 2.50 bits per heavy atom. The zero-order chi connectivity index (χ0) is 25.3. The first-order valence-corrected chi connectivity index (χ1v) is 12.0. The van der Waals surface area contributed by atoms with Crippen LogP contribution in [-0.2, 0) is 21.4 Å². The molecule has 3 atom stereocenters. The molecule has 2 unspecified atom stereocenters. The van der Waals surface area contributed by atoms with E-state index in [1.807, 2.05) is 0 Å². The smallest absolute Gasteiger partial charge is 0.470 e. The van der Waals surface area contributed by atoms with E-state index >= 15 is 0 Å². The van der Waals surface area contributed by atoms with Crippen LogP contribution in [0.15, 0.2) is 27.5 Å². The third kappa shape index (κ3) is 4.34. The van der Waals surface area contributed by atoms with E-state index in [-0.39, 0.29) is 41.1 Å². The number of benzene rings is 1. The van der Waals surface area contributed by atoms with Gasteiger partial charge in [0.15, 0.2) is 15.9 Å². The van der Waals surface area contributed by atoms with Crippen molar-refractivity contribution >= 4 is 15.7 Å². The number of halogens is 5. The lowest BCUT2D eigenvalue weighted by Crippen LogP contribution is -2.35. The van der Waals surface area contributed by atoms with E-state index < -0.39 is 45.3 Å². The minimum Gasteiger partial charge on any atom is -0.484 e. The molecule has 1 aromatic heterocycles. The summed E-state index contributed by atoms with van der Waals surface area (Å²) in [5, 5.41) is 6.55. The van der Waals surface area contributed by atoms with Gasteiger partial charge in [0.2, 0.25) is 5.89 Å². The van der Waals surface area contributed by atoms with Gasteiger partial charge in [-0.3, -0.25) is 4.79 Å². The standard InChI is InChI=1S/C20H20F5N3O5S/c1-10(18(2,21)22)32-14-5-4-12(34(3,30)31)6-13(14)15(29)28-8-11-7-19(11,9-28)16-26-27-17(33-16)20(23,24)25/h4-6,10-11H,7-9H2,1-3H3/t10-,11?,19?/m1/s1. The molecule has 2 heterocycles. The SMILES string of the molecule is C[C@@H](Oc1ccc(S(C)(=O)=O)cc1C(=O)N1CC2CC2(c2nnc(C(F)(F)F)o2)C1)C(C)(F)F. The number of rotatable bonds is 6. The first-order valence-electron chi connectivity index (χ1n) is 10.1. The summed E-state index contributed by atoms with van der Waals surface area (Å²) in [5.74, 6) is -6.16. The van der Waals surface area contributed by atoms with Crippen LogP contribution in [0.3, 0.4) is 0 Å². The molecule has 14 heteroatoms. The molecule has 0 spiro atoms. The minimum absolute atomic E-state index is 0.0575. The van der Waals surface area contributed by atoms with Crippen molar-refractivity contribution in [2.45, 2.75) is 48.8 Å². The van der Waals surface area contributed by atoms with Crippen LogP contribution < -0.4 is 4.74 Å². The largest absolute Gasteiger partial charge is 0.484 e. The fourth-order valence-corrected chi connectivity index (χ4v) is 4.63. The molecule has 186 valence electrons. The topological polar surface area (TPSA) is 103 Å². The van der Waals surface area contributed by atoms with E-state index in [1.165, 1.54) is 4.90 Å². The number of ether oxygens (including phenoxy) is 1. The maximum absolute atomic E-state index is 13.7. The van der Waals surface area contributed by atoms with E-state index in [0.717, 1.165) is 31.4 Å². The quantitative estimate of drug-likeness (QED) is 0.551. The van der Waals surface area contributed by atoms with Crippen molar-refractivity contribution in [2.75, 3.05) is 19.3 Å². The maximum atomic E-state index is 13.7. The van der Waals surface area contributed by atoms with Gasteiger partial charge in [-0.1, -0.05) is 0 Å². The summed E-state index contributed by atoms with van der Waals surface area (Å²) in [6.07, 6.45) is -5.08. The normalized spacial score (nSPS) is 23.5. The number of piperidine rings is 1. The summed E-state index contributed by atoms with van der Waals surface area (Å²) in [5.41, 5.74) is -1.19. The van der Waals surface area contributed by atoms with Crippen LogP contribution in [0.5, 0.6) is 5.75 Å². The number of carbonyl (C=O) groups excluding carboxylic acids is 1. The molecule has 2 fully saturated rings. The lowest BCUT2D eigenvalue weighted by atomic mass is 10.1. The van der Waals surface area contributed by atoms with Gasteiger partial charge in [-0.25, -0.2) is 17.2 Å². The van der Waals surface area contributed by atoms with E-state index in [4.69, 9.17) is 9.15 Å². The highest BCUT2D eigenvalue weighted by atomic mass is 32.2. The molecule has 1 amide bonds. The maximum Gasteiger partial charge on any atom is 0.470 e. The average Bonchev–Trinajstić information content (AvgIpc) is 3.07. The molecule has 4 rings (SSSR count). The van der Waals surface area contributed by atoms with E-state index in [1.54, 1.807) is 0 Å². The summed E-state index contributed by atoms with van der Waals surface area (Å²) in [4.78, 5) is 14.4. The second-order valence-electron chi connectivity index (χ2n) is 8.80. The van der Waals surface area contributed by atoms with Gasteiger partial charge in [0.25, 0.3) is 11.8 Å². The Balaban J connectivity index is 1.63. The van der Waals surface area contributed by atoms with Crippen molar-refractivity contribution in [2.24, 2.45) is 5.92 Å². The van der Waals surface area contributed by atoms with Crippen LogP contribution >= 0.6 is 0 Å². The number of fused-ring (bicyclic) bond motifs is 1. The molecular formula is C20H20F5N3O5S. The van der Waals surface area contributed by atoms with Crippen molar-refractivity contribution in [1.82, 2.24) is 15.1 Å². The first-order chi connectivity index (χ1) is 15.5. The summed E-state index contributed by atoms with van der Waals surface area (Å²) >= 11 is 0. The van der Waals surface area contributed by atoms with Crippen molar-refractivity contribution in [3.8, 4) is 5.75 Å². The number of amides is 1. The van der Waals surface area contributed by atoms with Crippen molar-refractivity contribution < 1.29 is 44.3 Å². The van der Waals surface area contributed by atoms with Gasteiger partial charge in [0.05, 0.1) is 15.9 Å². The molecule has 0 bridgehead atoms. The van der Waals surface area contributed by atoms with Gasteiger partial charge in [-0.05, 0) is 37.5 Å². The van der Waals surface area contributed by atoms with Gasteiger partial charge in [0, 0.05) is 26.3 Å². The fraction of sp³-hybridized carbons (Fsp3) is 0.550. The number of carbonyl (C=O) groups is 1. The third-order valence-corrected chi connectivity index (χ3v) is 7.26. The number of alkyl halides is 5. The van der Waals surface area contributed by atoms with Crippen LogP contribution in [0.4, 0.5) is 22.0 Å². The number of hydrogen-bond acceptors (Lipinski definition) is 7. The lowest BCUT2D eigenvalue weighted by Gasteiger charge is -2.25. The van der Waals surface area contributed by atoms with Gasteiger partial charge >= 0.3 is 12.1 Å². The van der Waals surface area contributed by atoms with E-state index in [9.17, 15) is 35.2 Å². The zero-order valence-corrected chi connectivity index (χ0v) is 19.0. The highest BCUT2D eigenvalue weighted by Gasteiger charge is 2.65. The predicted octanol–water partition coefficient (Wildman–Crippen LogP) is 3.33. The molecule has 1 aliphatic carbocycles. The van der Waals surface area contributed by atoms with Gasteiger partial charge in [-0.2, -0.15) is 13.2 Å². The minimum atomic E-state index is -4.81. The summed E-state index contributed by atoms with van der Waals surface area (Å²) in [6, 6.07) is 3.31. The third-order valence-electron chi connectivity index (χ3n) is 6.15. The lowest BCUT2D eigenvalue weighted by molar-refractivity contribution is -0.157.